The number of benzene rings is 2. The maximum atomic E-state index is 14.1. The molecule has 0 unspecified atom stereocenters. The van der Waals surface area contributed by atoms with Crippen LogP contribution in [0.2, 0.25) is 0 Å². The molecule has 0 aliphatic carbocycles. The summed E-state index contributed by atoms with van der Waals surface area (Å²) in [6.07, 6.45) is 0.783. The van der Waals surface area contributed by atoms with Gasteiger partial charge in [-0.05, 0) is 42.8 Å². The van der Waals surface area contributed by atoms with Crippen LogP contribution in [0.4, 0.5) is 13.9 Å². The first-order valence-corrected chi connectivity index (χ1v) is 11.9. The number of halogens is 2. The molecule has 164 valence electrons. The van der Waals surface area contributed by atoms with Gasteiger partial charge in [0.1, 0.15) is 17.2 Å². The van der Waals surface area contributed by atoms with Crippen LogP contribution in [0.5, 0.6) is 0 Å². The van der Waals surface area contributed by atoms with Gasteiger partial charge in [-0.2, -0.15) is 0 Å². The van der Waals surface area contributed by atoms with Crippen molar-refractivity contribution < 1.29 is 18.3 Å². The van der Waals surface area contributed by atoms with Crippen molar-refractivity contribution in [3.8, 4) is 0 Å². The summed E-state index contributed by atoms with van der Waals surface area (Å²) in [6.45, 7) is 4.60. The normalized spacial score (nSPS) is 14.8. The Bertz CT molecular complexity index is 1020. The van der Waals surface area contributed by atoms with Gasteiger partial charge >= 0.3 is 0 Å². The molecule has 0 radical (unpaired) electrons. The summed E-state index contributed by atoms with van der Waals surface area (Å²) in [4.78, 5) is 22.3. The minimum Gasteiger partial charge on any atom is -0.379 e. The third-order valence-electron chi connectivity index (χ3n) is 5.03. The molecule has 2 heterocycles. The smallest absolute Gasteiger partial charge is 0.239 e. The minimum atomic E-state index is -0.388. The largest absolute Gasteiger partial charge is 0.379 e. The molecule has 3 aromatic rings. The summed E-state index contributed by atoms with van der Waals surface area (Å²) in [5.41, 5.74) is 0.291. The molecular formula is C22H23F2N3O2S2. The molecule has 1 aromatic heterocycles. The van der Waals surface area contributed by atoms with Crippen LogP contribution in [0.25, 0.3) is 10.2 Å². The summed E-state index contributed by atoms with van der Waals surface area (Å²) >= 11 is 2.67. The first-order valence-electron chi connectivity index (χ1n) is 10.1. The molecule has 2 aromatic carbocycles. The average Bonchev–Trinajstić information content (AvgIpc) is 3.22. The van der Waals surface area contributed by atoms with Gasteiger partial charge < -0.3 is 4.74 Å². The van der Waals surface area contributed by atoms with E-state index in [1.165, 1.54) is 41.3 Å². The molecule has 1 saturated heterocycles. The fourth-order valence-corrected chi connectivity index (χ4v) is 5.17. The van der Waals surface area contributed by atoms with E-state index in [0.29, 0.717) is 21.9 Å². The molecule has 1 amide bonds. The van der Waals surface area contributed by atoms with Gasteiger partial charge in [0.05, 0.1) is 23.7 Å². The number of anilines is 1. The maximum Gasteiger partial charge on any atom is 0.239 e. The zero-order chi connectivity index (χ0) is 21.6. The van der Waals surface area contributed by atoms with E-state index in [1.807, 2.05) is 6.07 Å². The standard InChI is InChI=1S/C22H23F2N3O2S2/c23-16-5-7-17(8-6-16)30-15-20(28)27(10-2-9-26-11-13-29-14-12-26)22-25-21-18(24)3-1-4-19(21)31-22/h1,3-8H,2,9-15H2. The van der Waals surface area contributed by atoms with Crippen molar-refractivity contribution >= 4 is 44.4 Å². The highest BCUT2D eigenvalue weighted by Gasteiger charge is 2.21. The van der Waals surface area contributed by atoms with Gasteiger partial charge in [-0.3, -0.25) is 14.6 Å². The molecule has 5 nitrogen and oxygen atoms in total. The lowest BCUT2D eigenvalue weighted by Crippen LogP contribution is -2.39. The van der Waals surface area contributed by atoms with Crippen LogP contribution in [0, 0.1) is 11.6 Å². The number of ether oxygens (including phenoxy) is 1. The fraction of sp³-hybridized carbons (Fsp3) is 0.364. The molecule has 0 atom stereocenters. The van der Waals surface area contributed by atoms with Gasteiger partial charge in [-0.1, -0.05) is 17.4 Å². The molecular weight excluding hydrogens is 440 g/mol. The highest BCUT2D eigenvalue weighted by atomic mass is 32.2. The molecule has 1 aliphatic rings. The number of morpholine rings is 1. The predicted octanol–water partition coefficient (Wildman–Crippen LogP) is 4.42. The van der Waals surface area contributed by atoms with Crippen molar-refractivity contribution in [3.63, 3.8) is 0 Å². The van der Waals surface area contributed by atoms with Crippen molar-refractivity contribution in [2.75, 3.05) is 50.0 Å². The van der Waals surface area contributed by atoms with Crippen LogP contribution in [0.3, 0.4) is 0 Å². The van der Waals surface area contributed by atoms with Gasteiger partial charge in [-0.15, -0.1) is 11.8 Å². The predicted molar refractivity (Wildman–Crippen MR) is 121 cm³/mol. The Morgan fingerprint density at radius 1 is 1.16 bits per heavy atom. The number of amides is 1. The van der Waals surface area contributed by atoms with Gasteiger partial charge in [0.2, 0.25) is 5.91 Å². The first-order chi connectivity index (χ1) is 15.1. The molecule has 0 saturated carbocycles. The van der Waals surface area contributed by atoms with Gasteiger partial charge in [0.25, 0.3) is 0 Å². The van der Waals surface area contributed by atoms with Crippen LogP contribution in [0.1, 0.15) is 6.42 Å². The van der Waals surface area contributed by atoms with Gasteiger partial charge in [0, 0.05) is 31.1 Å². The number of rotatable bonds is 8. The molecule has 0 spiro atoms. The molecule has 4 rings (SSSR count). The SMILES string of the molecule is O=C(CSc1ccc(F)cc1)N(CCCN1CCOCC1)c1nc2c(F)cccc2s1. The number of para-hydroxylation sites is 1. The number of carbonyl (C=O) groups excluding carboxylic acids is 1. The van der Waals surface area contributed by atoms with E-state index in [0.717, 1.165) is 44.2 Å². The lowest BCUT2D eigenvalue weighted by Gasteiger charge is -2.27. The second-order valence-electron chi connectivity index (χ2n) is 7.18. The fourth-order valence-electron chi connectivity index (χ4n) is 3.38. The Kier molecular flexibility index (Phi) is 7.49. The van der Waals surface area contributed by atoms with Crippen molar-refractivity contribution in [3.05, 3.63) is 54.1 Å². The minimum absolute atomic E-state index is 0.101. The van der Waals surface area contributed by atoms with E-state index in [1.54, 1.807) is 23.1 Å². The second kappa shape index (κ2) is 10.5. The zero-order valence-corrected chi connectivity index (χ0v) is 18.6. The van der Waals surface area contributed by atoms with Crippen molar-refractivity contribution in [2.45, 2.75) is 11.3 Å². The molecule has 0 N–H and O–H groups in total. The third-order valence-corrected chi connectivity index (χ3v) is 7.07. The van der Waals surface area contributed by atoms with Crippen LogP contribution in [-0.2, 0) is 9.53 Å². The number of hydrogen-bond acceptors (Lipinski definition) is 6. The second-order valence-corrected chi connectivity index (χ2v) is 9.24. The first kappa shape index (κ1) is 22.1. The van der Waals surface area contributed by atoms with Crippen LogP contribution < -0.4 is 4.90 Å². The van der Waals surface area contributed by atoms with E-state index in [2.05, 4.69) is 9.88 Å². The van der Waals surface area contributed by atoms with Crippen LogP contribution >= 0.6 is 23.1 Å². The van der Waals surface area contributed by atoms with Crippen LogP contribution in [0.15, 0.2) is 47.4 Å². The maximum absolute atomic E-state index is 14.1. The van der Waals surface area contributed by atoms with E-state index >= 15 is 0 Å². The van der Waals surface area contributed by atoms with Crippen molar-refractivity contribution in [1.29, 1.82) is 0 Å². The van der Waals surface area contributed by atoms with Crippen molar-refractivity contribution in [2.24, 2.45) is 0 Å². The number of nitrogens with zero attached hydrogens (tertiary/aromatic N) is 3. The molecule has 1 aliphatic heterocycles. The summed E-state index contributed by atoms with van der Waals surface area (Å²) < 4.78 is 33.4. The number of thioether (sulfide) groups is 1. The van der Waals surface area contributed by atoms with Gasteiger partial charge in [0.15, 0.2) is 5.13 Å². The lowest BCUT2D eigenvalue weighted by atomic mass is 10.3. The topological polar surface area (TPSA) is 45.7 Å². The van der Waals surface area contributed by atoms with E-state index in [9.17, 15) is 13.6 Å². The number of hydrogen-bond donors (Lipinski definition) is 0. The summed E-state index contributed by atoms with van der Waals surface area (Å²) in [6, 6.07) is 10.9. The lowest BCUT2D eigenvalue weighted by molar-refractivity contribution is -0.116. The Labute approximate surface area is 188 Å². The highest BCUT2D eigenvalue weighted by Crippen LogP contribution is 2.31. The summed E-state index contributed by atoms with van der Waals surface area (Å²) in [5, 5.41) is 0.506. The number of carbonyl (C=O) groups is 1. The number of thiazole rings is 1. The quantitative estimate of drug-likeness (QED) is 0.463. The molecule has 9 heteroatoms. The summed E-state index contributed by atoms with van der Waals surface area (Å²) in [5.74, 6) is -0.601. The molecule has 0 bridgehead atoms. The van der Waals surface area contributed by atoms with Crippen molar-refractivity contribution in [1.82, 2.24) is 9.88 Å². The van der Waals surface area contributed by atoms with Crippen LogP contribution in [-0.4, -0.2) is 60.9 Å². The number of aromatic nitrogens is 1. The van der Waals surface area contributed by atoms with E-state index in [4.69, 9.17) is 4.74 Å². The third kappa shape index (κ3) is 5.79. The molecule has 1 fully saturated rings. The molecule has 31 heavy (non-hydrogen) atoms. The zero-order valence-electron chi connectivity index (χ0n) is 16.9. The Balaban J connectivity index is 1.47. The van der Waals surface area contributed by atoms with E-state index < -0.39 is 0 Å². The Hall–Kier alpha value is -2.07. The number of fused-ring (bicyclic) bond motifs is 1. The van der Waals surface area contributed by atoms with Gasteiger partial charge in [-0.25, -0.2) is 13.8 Å². The Morgan fingerprint density at radius 3 is 2.68 bits per heavy atom. The average molecular weight is 464 g/mol. The Morgan fingerprint density at radius 2 is 1.94 bits per heavy atom. The van der Waals surface area contributed by atoms with E-state index in [-0.39, 0.29) is 23.3 Å². The monoisotopic (exact) mass is 463 g/mol. The highest BCUT2D eigenvalue weighted by molar-refractivity contribution is 8.00. The summed E-state index contributed by atoms with van der Waals surface area (Å²) in [7, 11) is 0.